The molecule has 1 N–H and O–H groups in total. The van der Waals surface area contributed by atoms with Crippen LogP contribution in [0.15, 0.2) is 82.3 Å². The van der Waals surface area contributed by atoms with Crippen molar-refractivity contribution < 1.29 is 9.21 Å². The molecule has 7 heteroatoms. The molecule has 0 spiro atoms. The van der Waals surface area contributed by atoms with Gasteiger partial charge in [0.1, 0.15) is 5.58 Å². The van der Waals surface area contributed by atoms with E-state index in [0.717, 1.165) is 5.39 Å². The fourth-order valence-corrected chi connectivity index (χ4v) is 3.04. The number of aromatic nitrogens is 1. The lowest BCUT2D eigenvalue weighted by atomic mass is 10.1. The van der Waals surface area contributed by atoms with Gasteiger partial charge in [-0.05, 0) is 36.4 Å². The van der Waals surface area contributed by atoms with E-state index in [1.165, 1.54) is 6.20 Å². The molecule has 4 aromatic rings. The number of para-hydroxylation sites is 1. The van der Waals surface area contributed by atoms with Gasteiger partial charge in [-0.1, -0.05) is 35.9 Å². The summed E-state index contributed by atoms with van der Waals surface area (Å²) in [6.45, 7) is 0. The van der Waals surface area contributed by atoms with Crippen LogP contribution < -0.4 is 10.9 Å². The average Bonchev–Trinajstić information content (AvgIpc) is 2.68. The lowest BCUT2D eigenvalue weighted by Crippen LogP contribution is -2.12. The minimum atomic E-state index is -0.470. The molecule has 2 aromatic heterocycles. The van der Waals surface area contributed by atoms with Gasteiger partial charge in [0.15, 0.2) is 0 Å². The van der Waals surface area contributed by atoms with Crippen molar-refractivity contribution in [3.63, 3.8) is 0 Å². The van der Waals surface area contributed by atoms with Gasteiger partial charge in [0.2, 0.25) is 0 Å². The summed E-state index contributed by atoms with van der Waals surface area (Å²) in [5, 5.41) is 3.89. The second-order valence-electron chi connectivity index (χ2n) is 5.88. The molecule has 0 atom stereocenters. The number of hydrogen-bond donors (Lipinski definition) is 1. The van der Waals surface area contributed by atoms with Crippen LogP contribution in [-0.2, 0) is 0 Å². The number of nitrogens with zero attached hydrogens (tertiary/aromatic N) is 1. The SMILES string of the molecule is Cl.O=C(Nc1ccc(-c2cc3ccccc3oc2=O)c(Cl)c1)c1cccnc1. The summed E-state index contributed by atoms with van der Waals surface area (Å²) in [6, 6.07) is 17.3. The highest BCUT2D eigenvalue weighted by molar-refractivity contribution is 6.33. The maximum absolute atomic E-state index is 12.3. The Morgan fingerprint density at radius 1 is 1.00 bits per heavy atom. The van der Waals surface area contributed by atoms with Gasteiger partial charge in [0.25, 0.3) is 5.91 Å². The van der Waals surface area contributed by atoms with Gasteiger partial charge in [-0.3, -0.25) is 9.78 Å². The molecule has 0 saturated heterocycles. The van der Waals surface area contributed by atoms with Gasteiger partial charge < -0.3 is 9.73 Å². The summed E-state index contributed by atoms with van der Waals surface area (Å²) < 4.78 is 5.36. The van der Waals surface area contributed by atoms with E-state index < -0.39 is 5.63 Å². The number of benzene rings is 2. The fraction of sp³-hybridized carbons (Fsp3) is 0. The first-order valence-corrected chi connectivity index (χ1v) is 8.54. The van der Waals surface area contributed by atoms with Crippen molar-refractivity contribution in [2.75, 3.05) is 5.32 Å². The van der Waals surface area contributed by atoms with Crippen LogP contribution in [0.4, 0.5) is 5.69 Å². The van der Waals surface area contributed by atoms with E-state index in [9.17, 15) is 9.59 Å². The van der Waals surface area contributed by atoms with E-state index in [-0.39, 0.29) is 18.3 Å². The van der Waals surface area contributed by atoms with E-state index in [1.807, 2.05) is 12.1 Å². The topological polar surface area (TPSA) is 72.2 Å². The summed E-state index contributed by atoms with van der Waals surface area (Å²) in [5.74, 6) is -0.294. The maximum atomic E-state index is 12.3. The van der Waals surface area contributed by atoms with Crippen LogP contribution in [0.3, 0.4) is 0 Å². The first-order valence-electron chi connectivity index (χ1n) is 8.16. The molecule has 5 nitrogen and oxygen atoms in total. The van der Waals surface area contributed by atoms with Gasteiger partial charge in [-0.2, -0.15) is 0 Å². The van der Waals surface area contributed by atoms with Crippen molar-refractivity contribution in [3.8, 4) is 11.1 Å². The Balaban J connectivity index is 0.00000225. The van der Waals surface area contributed by atoms with E-state index in [0.29, 0.717) is 33.0 Å². The molecule has 0 aliphatic carbocycles. The average molecular weight is 413 g/mol. The molecular weight excluding hydrogens is 399 g/mol. The third-order valence-corrected chi connectivity index (χ3v) is 4.39. The van der Waals surface area contributed by atoms with Crippen molar-refractivity contribution >= 4 is 46.6 Å². The van der Waals surface area contributed by atoms with Gasteiger partial charge in [0, 0.05) is 29.0 Å². The van der Waals surface area contributed by atoms with Crippen LogP contribution in [0.1, 0.15) is 10.4 Å². The highest BCUT2D eigenvalue weighted by Gasteiger charge is 2.13. The lowest BCUT2D eigenvalue weighted by molar-refractivity contribution is 0.102. The summed E-state index contributed by atoms with van der Waals surface area (Å²) in [6.07, 6.45) is 3.07. The highest BCUT2D eigenvalue weighted by Crippen LogP contribution is 2.30. The molecule has 0 aliphatic rings. The van der Waals surface area contributed by atoms with Gasteiger partial charge in [0.05, 0.1) is 16.1 Å². The van der Waals surface area contributed by atoms with Crippen LogP contribution >= 0.6 is 24.0 Å². The van der Waals surface area contributed by atoms with Crippen molar-refractivity contribution in [1.82, 2.24) is 4.98 Å². The number of carbonyl (C=O) groups is 1. The lowest BCUT2D eigenvalue weighted by Gasteiger charge is -2.09. The fourth-order valence-electron chi connectivity index (χ4n) is 2.76. The highest BCUT2D eigenvalue weighted by atomic mass is 35.5. The molecule has 0 aliphatic heterocycles. The van der Waals surface area contributed by atoms with Crippen LogP contribution in [0.5, 0.6) is 0 Å². The summed E-state index contributed by atoms with van der Waals surface area (Å²) in [4.78, 5) is 28.5. The number of hydrogen-bond acceptors (Lipinski definition) is 4. The minimum Gasteiger partial charge on any atom is -0.422 e. The second-order valence-corrected chi connectivity index (χ2v) is 6.28. The Morgan fingerprint density at radius 2 is 1.82 bits per heavy atom. The molecule has 0 unspecified atom stereocenters. The van der Waals surface area contributed by atoms with E-state index in [2.05, 4.69) is 10.3 Å². The number of nitrogens with one attached hydrogen (secondary N) is 1. The molecule has 0 bridgehead atoms. The van der Waals surface area contributed by atoms with Gasteiger partial charge >= 0.3 is 5.63 Å². The summed E-state index contributed by atoms with van der Waals surface area (Å²) in [5.41, 5.74) is 1.90. The summed E-state index contributed by atoms with van der Waals surface area (Å²) >= 11 is 6.37. The van der Waals surface area contributed by atoms with Gasteiger partial charge in [-0.25, -0.2) is 4.79 Å². The molecule has 2 heterocycles. The Bertz CT molecular complexity index is 1210. The predicted molar refractivity (Wildman–Crippen MR) is 112 cm³/mol. The Kier molecular flexibility index (Phi) is 5.78. The molecular formula is C21H14Cl2N2O3. The van der Waals surface area contributed by atoms with Crippen molar-refractivity contribution in [2.24, 2.45) is 0 Å². The Labute approximate surface area is 171 Å². The number of rotatable bonds is 3. The number of carbonyl (C=O) groups excluding carboxylic acids is 1. The molecule has 28 heavy (non-hydrogen) atoms. The zero-order valence-electron chi connectivity index (χ0n) is 14.4. The minimum absolute atomic E-state index is 0. The van der Waals surface area contributed by atoms with E-state index in [4.69, 9.17) is 16.0 Å². The molecule has 4 rings (SSSR count). The van der Waals surface area contributed by atoms with Crippen LogP contribution in [0.2, 0.25) is 5.02 Å². The molecule has 0 radical (unpaired) electrons. The monoisotopic (exact) mass is 412 g/mol. The second kappa shape index (κ2) is 8.25. The number of fused-ring (bicyclic) bond motifs is 1. The maximum Gasteiger partial charge on any atom is 0.344 e. The molecule has 0 fully saturated rings. The molecule has 0 saturated carbocycles. The first-order chi connectivity index (χ1) is 13.1. The number of halogens is 2. The Morgan fingerprint density at radius 3 is 2.57 bits per heavy atom. The van der Waals surface area contributed by atoms with Crippen molar-refractivity contribution in [3.05, 3.63) is 94.1 Å². The quantitative estimate of drug-likeness (QED) is 0.470. The van der Waals surface area contributed by atoms with E-state index >= 15 is 0 Å². The molecule has 1 amide bonds. The molecule has 140 valence electrons. The Hall–Kier alpha value is -3.15. The largest absolute Gasteiger partial charge is 0.422 e. The zero-order valence-corrected chi connectivity index (χ0v) is 16.0. The van der Waals surface area contributed by atoms with E-state index in [1.54, 1.807) is 54.7 Å². The number of pyridine rings is 1. The van der Waals surface area contributed by atoms with Gasteiger partial charge in [-0.15, -0.1) is 12.4 Å². The molecule has 2 aromatic carbocycles. The third kappa shape index (κ3) is 3.91. The summed E-state index contributed by atoms with van der Waals surface area (Å²) in [7, 11) is 0. The first kappa shape index (κ1) is 19.6. The van der Waals surface area contributed by atoms with Crippen molar-refractivity contribution in [2.45, 2.75) is 0 Å². The third-order valence-electron chi connectivity index (χ3n) is 4.08. The zero-order chi connectivity index (χ0) is 18.8. The standard InChI is InChI=1S/C21H13ClN2O3.ClH/c22-18-11-15(24-20(25)14-5-3-9-23-12-14)7-8-16(18)17-10-13-4-1-2-6-19(13)27-21(17)26;/h1-12H,(H,24,25);1H. The van der Waals surface area contributed by atoms with Crippen molar-refractivity contribution in [1.29, 1.82) is 0 Å². The number of anilines is 1. The van der Waals surface area contributed by atoms with Crippen LogP contribution in [0.25, 0.3) is 22.1 Å². The van der Waals surface area contributed by atoms with Crippen LogP contribution in [0, 0.1) is 0 Å². The normalized spacial score (nSPS) is 10.3. The smallest absolute Gasteiger partial charge is 0.344 e. The number of amides is 1. The van der Waals surface area contributed by atoms with Crippen LogP contribution in [-0.4, -0.2) is 10.9 Å². The predicted octanol–water partition coefficient (Wildman–Crippen LogP) is 5.18.